The molecule has 1 aliphatic heterocycles. The zero-order valence-electron chi connectivity index (χ0n) is 20.7. The summed E-state index contributed by atoms with van der Waals surface area (Å²) in [6, 6.07) is 25.6. The maximum Gasteiger partial charge on any atom is 0.272 e. The number of fused-ring (bicyclic) bond motifs is 4. The third-order valence-corrected chi connectivity index (χ3v) is 7.11. The molecule has 0 spiro atoms. The summed E-state index contributed by atoms with van der Waals surface area (Å²) in [6.07, 6.45) is 3.14. The van der Waals surface area contributed by atoms with Gasteiger partial charge in [0.05, 0.1) is 12.1 Å². The first-order chi connectivity index (χ1) is 18.1. The number of pyridine rings is 1. The fraction of sp³-hybridized carbons (Fsp3) is 0.258. The van der Waals surface area contributed by atoms with E-state index >= 15 is 0 Å². The molecule has 0 atom stereocenters. The summed E-state index contributed by atoms with van der Waals surface area (Å²) in [7, 11) is 0. The van der Waals surface area contributed by atoms with Crippen LogP contribution in [0.3, 0.4) is 0 Å². The maximum atomic E-state index is 13.5. The Hall–Kier alpha value is -4.19. The monoisotopic (exact) mass is 491 g/mol. The van der Waals surface area contributed by atoms with Gasteiger partial charge in [0.15, 0.2) is 0 Å². The van der Waals surface area contributed by atoms with Crippen LogP contribution in [0.2, 0.25) is 0 Å². The summed E-state index contributed by atoms with van der Waals surface area (Å²) < 4.78 is 6.27. The van der Waals surface area contributed by atoms with Gasteiger partial charge >= 0.3 is 0 Å². The van der Waals surface area contributed by atoms with Crippen molar-refractivity contribution in [3.8, 4) is 5.75 Å². The Morgan fingerprint density at radius 1 is 0.946 bits per heavy atom. The van der Waals surface area contributed by atoms with E-state index in [1.165, 1.54) is 18.4 Å². The third-order valence-electron chi connectivity index (χ3n) is 7.11. The van der Waals surface area contributed by atoms with E-state index in [-0.39, 0.29) is 11.8 Å². The second kappa shape index (κ2) is 10.1. The number of hydrogen-bond acceptors (Lipinski definition) is 4. The topological polar surface area (TPSA) is 71.5 Å². The quantitative estimate of drug-likeness (QED) is 0.430. The van der Waals surface area contributed by atoms with Gasteiger partial charge in [0.25, 0.3) is 11.8 Å². The number of carbonyl (C=O) groups excluding carboxylic acids is 2. The molecule has 2 heterocycles. The Balaban J connectivity index is 1.29. The van der Waals surface area contributed by atoms with Gasteiger partial charge in [-0.3, -0.25) is 9.59 Å². The van der Waals surface area contributed by atoms with Gasteiger partial charge in [-0.2, -0.15) is 0 Å². The molecule has 1 N–H and O–H groups in total. The van der Waals surface area contributed by atoms with E-state index in [1.54, 1.807) is 11.0 Å². The van der Waals surface area contributed by atoms with E-state index in [2.05, 4.69) is 28.5 Å². The minimum Gasteiger partial charge on any atom is -0.491 e. The molecule has 1 saturated carbocycles. The summed E-state index contributed by atoms with van der Waals surface area (Å²) in [4.78, 5) is 32.7. The summed E-state index contributed by atoms with van der Waals surface area (Å²) in [6.45, 7) is 1.43. The van der Waals surface area contributed by atoms with Crippen LogP contribution in [-0.2, 0) is 6.42 Å². The molecule has 6 nitrogen and oxygen atoms in total. The molecular formula is C31H29N3O3. The Bertz CT molecular complexity index is 1480. The van der Waals surface area contributed by atoms with Gasteiger partial charge in [0, 0.05) is 30.5 Å². The Kier molecular flexibility index (Phi) is 6.31. The number of nitrogens with one attached hydrogen (secondary N) is 1. The van der Waals surface area contributed by atoms with Crippen LogP contribution in [0.1, 0.15) is 56.3 Å². The Labute approximate surface area is 216 Å². The van der Waals surface area contributed by atoms with E-state index in [4.69, 9.17) is 4.74 Å². The first-order valence-electron chi connectivity index (χ1n) is 12.9. The first kappa shape index (κ1) is 23.2. The fourth-order valence-electron chi connectivity index (χ4n) is 4.93. The van der Waals surface area contributed by atoms with Crippen LogP contribution in [0, 0.1) is 0 Å². The number of rotatable bonds is 2. The van der Waals surface area contributed by atoms with Crippen molar-refractivity contribution < 1.29 is 14.3 Å². The molecular weight excluding hydrogens is 462 g/mol. The van der Waals surface area contributed by atoms with Gasteiger partial charge in [-0.05, 0) is 65.8 Å². The number of nitrogens with zero attached hydrogens (tertiary/aromatic N) is 2. The number of ether oxygens (including phenoxy) is 1. The summed E-state index contributed by atoms with van der Waals surface area (Å²) >= 11 is 0. The van der Waals surface area contributed by atoms with Crippen LogP contribution in [0.5, 0.6) is 5.75 Å². The largest absolute Gasteiger partial charge is 0.491 e. The van der Waals surface area contributed by atoms with Crippen molar-refractivity contribution in [1.82, 2.24) is 15.2 Å². The smallest absolute Gasteiger partial charge is 0.272 e. The van der Waals surface area contributed by atoms with Gasteiger partial charge in [0.2, 0.25) is 0 Å². The van der Waals surface area contributed by atoms with Crippen LogP contribution >= 0.6 is 0 Å². The van der Waals surface area contributed by atoms with Gasteiger partial charge < -0.3 is 15.0 Å². The zero-order chi connectivity index (χ0) is 25.2. The van der Waals surface area contributed by atoms with Crippen LogP contribution in [0.4, 0.5) is 0 Å². The normalized spacial score (nSPS) is 16.3. The standard InChI is InChI=1S/C31H29N3O3/c35-30-25-6-3-4-21(18-25)19-26-20-24(22-8-9-22)11-13-29(26)37-17-16-34(15-14-32-30)31(36)28-12-10-23-5-1-2-7-27(23)33-28/h1-7,10-13,18,20,22H,8-9,14-17,19H2,(H,32,35). The average Bonchev–Trinajstić information content (AvgIpc) is 3.78. The number of aromatic nitrogens is 1. The molecule has 1 fully saturated rings. The van der Waals surface area contributed by atoms with E-state index in [1.807, 2.05) is 54.6 Å². The van der Waals surface area contributed by atoms with Crippen molar-refractivity contribution in [3.63, 3.8) is 0 Å². The van der Waals surface area contributed by atoms with Crippen LogP contribution in [0.25, 0.3) is 10.9 Å². The van der Waals surface area contributed by atoms with E-state index in [9.17, 15) is 9.59 Å². The van der Waals surface area contributed by atoms with Crippen molar-refractivity contribution in [2.75, 3.05) is 26.2 Å². The minimum atomic E-state index is -0.179. The average molecular weight is 492 g/mol. The summed E-state index contributed by atoms with van der Waals surface area (Å²) in [5.74, 6) is 1.14. The molecule has 3 aromatic carbocycles. The number of amides is 2. The second-order valence-corrected chi connectivity index (χ2v) is 9.80. The lowest BCUT2D eigenvalue weighted by molar-refractivity contribution is 0.0718. The van der Waals surface area contributed by atoms with Crippen LogP contribution in [-0.4, -0.2) is 47.9 Å². The number of para-hydroxylation sites is 1. The second-order valence-electron chi connectivity index (χ2n) is 9.80. The molecule has 2 amide bonds. The zero-order valence-corrected chi connectivity index (χ0v) is 20.7. The van der Waals surface area contributed by atoms with Gasteiger partial charge in [-0.15, -0.1) is 0 Å². The van der Waals surface area contributed by atoms with Gasteiger partial charge in [-0.25, -0.2) is 4.98 Å². The van der Waals surface area contributed by atoms with E-state index < -0.39 is 0 Å². The Morgan fingerprint density at radius 3 is 2.73 bits per heavy atom. The predicted molar refractivity (Wildman–Crippen MR) is 143 cm³/mol. The lowest BCUT2D eigenvalue weighted by Gasteiger charge is -2.24. The lowest BCUT2D eigenvalue weighted by atomic mass is 9.98. The molecule has 1 aliphatic carbocycles. The summed E-state index contributed by atoms with van der Waals surface area (Å²) in [5.41, 5.74) is 5.30. The summed E-state index contributed by atoms with van der Waals surface area (Å²) in [5, 5.41) is 3.95. The van der Waals surface area contributed by atoms with Crippen molar-refractivity contribution in [2.24, 2.45) is 0 Å². The molecule has 4 aromatic rings. The highest BCUT2D eigenvalue weighted by Gasteiger charge is 2.25. The van der Waals surface area contributed by atoms with Crippen molar-refractivity contribution in [2.45, 2.75) is 25.2 Å². The molecule has 37 heavy (non-hydrogen) atoms. The molecule has 0 unspecified atom stereocenters. The SMILES string of the molecule is O=C1NCCN(C(=O)c2ccc3ccccc3n2)CCOc2ccc(C3CC3)cc2Cc2cccc1c2. The van der Waals surface area contributed by atoms with Crippen molar-refractivity contribution in [3.05, 3.63) is 107 Å². The highest BCUT2D eigenvalue weighted by molar-refractivity contribution is 5.95. The third kappa shape index (κ3) is 5.19. The molecule has 1 aromatic heterocycles. The van der Waals surface area contributed by atoms with Crippen molar-refractivity contribution >= 4 is 22.7 Å². The minimum absolute atomic E-state index is 0.140. The van der Waals surface area contributed by atoms with E-state index in [0.29, 0.717) is 49.8 Å². The van der Waals surface area contributed by atoms with Gasteiger partial charge in [0.1, 0.15) is 18.1 Å². The fourth-order valence-corrected chi connectivity index (χ4v) is 4.93. The highest BCUT2D eigenvalue weighted by atomic mass is 16.5. The lowest BCUT2D eigenvalue weighted by Crippen LogP contribution is -2.41. The molecule has 2 bridgehead atoms. The van der Waals surface area contributed by atoms with Crippen LogP contribution in [0.15, 0.2) is 78.9 Å². The Morgan fingerprint density at radius 2 is 1.84 bits per heavy atom. The molecule has 2 aliphatic rings. The highest BCUT2D eigenvalue weighted by Crippen LogP contribution is 2.41. The molecule has 0 saturated heterocycles. The molecule has 186 valence electrons. The molecule has 6 rings (SSSR count). The van der Waals surface area contributed by atoms with Gasteiger partial charge in [-0.1, -0.05) is 48.5 Å². The predicted octanol–water partition coefficient (Wildman–Crippen LogP) is 4.97. The molecule has 0 radical (unpaired) electrons. The number of carbonyl (C=O) groups is 2. The van der Waals surface area contributed by atoms with Crippen LogP contribution < -0.4 is 10.1 Å². The molecule has 6 heteroatoms. The van der Waals surface area contributed by atoms with Crippen molar-refractivity contribution in [1.29, 1.82) is 0 Å². The number of hydrogen-bond donors (Lipinski definition) is 1. The first-order valence-corrected chi connectivity index (χ1v) is 12.9. The maximum absolute atomic E-state index is 13.5. The number of benzene rings is 3. The van der Waals surface area contributed by atoms with E-state index in [0.717, 1.165) is 27.8 Å².